The van der Waals surface area contributed by atoms with Gasteiger partial charge in [-0.25, -0.2) is 0 Å². The van der Waals surface area contributed by atoms with Crippen LogP contribution in [0.5, 0.6) is 5.75 Å². The molecule has 2 aliphatic heterocycles. The molecule has 2 heterocycles. The van der Waals surface area contributed by atoms with Crippen LogP contribution in [-0.4, -0.2) is 28.5 Å². The van der Waals surface area contributed by atoms with Gasteiger partial charge in [-0.15, -0.1) is 0 Å². The summed E-state index contributed by atoms with van der Waals surface area (Å²) in [7, 11) is 0. The first-order valence-corrected chi connectivity index (χ1v) is 9.64. The summed E-state index contributed by atoms with van der Waals surface area (Å²) in [5.41, 5.74) is 2.31. The fourth-order valence-electron chi connectivity index (χ4n) is 4.92. The lowest BCUT2D eigenvalue weighted by Crippen LogP contribution is -2.57. The zero-order chi connectivity index (χ0) is 18.3. The second kappa shape index (κ2) is 6.46. The van der Waals surface area contributed by atoms with Crippen LogP contribution in [0.15, 0.2) is 54.6 Å². The first-order chi connectivity index (χ1) is 12.5. The van der Waals surface area contributed by atoms with Crippen molar-refractivity contribution in [3.63, 3.8) is 0 Å². The van der Waals surface area contributed by atoms with E-state index in [-0.39, 0.29) is 17.2 Å². The lowest BCUT2D eigenvalue weighted by Gasteiger charge is -2.52. The normalized spacial score (nSPS) is 31.5. The van der Waals surface area contributed by atoms with Crippen molar-refractivity contribution in [2.24, 2.45) is 5.92 Å². The molecular weight excluding hydrogens is 322 g/mol. The van der Waals surface area contributed by atoms with Gasteiger partial charge in [-0.3, -0.25) is 4.79 Å². The number of phenols is 1. The lowest BCUT2D eigenvalue weighted by molar-refractivity contribution is -0.143. The predicted molar refractivity (Wildman–Crippen MR) is 103 cm³/mol. The van der Waals surface area contributed by atoms with E-state index in [2.05, 4.69) is 36.9 Å². The summed E-state index contributed by atoms with van der Waals surface area (Å²) < 4.78 is 0. The Morgan fingerprint density at radius 2 is 1.85 bits per heavy atom. The highest BCUT2D eigenvalue weighted by molar-refractivity contribution is 5.85. The zero-order valence-corrected chi connectivity index (χ0v) is 15.6. The molecule has 1 N–H and O–H groups in total. The van der Waals surface area contributed by atoms with Crippen molar-refractivity contribution >= 4 is 5.91 Å². The molecule has 0 spiro atoms. The number of amides is 1. The van der Waals surface area contributed by atoms with Crippen LogP contribution >= 0.6 is 0 Å². The van der Waals surface area contributed by atoms with Crippen molar-refractivity contribution < 1.29 is 9.90 Å². The number of aromatic hydroxyl groups is 1. The van der Waals surface area contributed by atoms with Crippen LogP contribution in [0.4, 0.5) is 0 Å². The Kier molecular flexibility index (Phi) is 4.26. The summed E-state index contributed by atoms with van der Waals surface area (Å²) >= 11 is 0. The molecular formula is C23H27NO2. The van der Waals surface area contributed by atoms with Crippen molar-refractivity contribution in [2.75, 3.05) is 6.54 Å². The Hall–Kier alpha value is -2.29. The molecule has 4 atom stereocenters. The number of hydrogen-bond donors (Lipinski definition) is 1. The standard InChI is InChI=1S/C23H27NO2/c1-16-15-24-19(14-23(16,2)18-9-6-10-20(25)13-18)11-12-21(22(24)26)17-7-4-3-5-8-17/h3-10,13,16,19,21,25H,11-12,14-15H2,1-2H3/t16-,19-,21-,23?/m0/s1. The van der Waals surface area contributed by atoms with Crippen LogP contribution < -0.4 is 0 Å². The first kappa shape index (κ1) is 17.1. The molecule has 2 aliphatic rings. The van der Waals surface area contributed by atoms with Crippen LogP contribution in [-0.2, 0) is 10.2 Å². The maximum absolute atomic E-state index is 13.2. The van der Waals surface area contributed by atoms with E-state index >= 15 is 0 Å². The Morgan fingerprint density at radius 3 is 2.58 bits per heavy atom. The minimum Gasteiger partial charge on any atom is -0.508 e. The van der Waals surface area contributed by atoms with E-state index in [1.165, 1.54) is 5.56 Å². The van der Waals surface area contributed by atoms with E-state index in [4.69, 9.17) is 0 Å². The number of rotatable bonds is 2. The molecule has 0 aliphatic carbocycles. The Labute approximate surface area is 155 Å². The average Bonchev–Trinajstić information content (AvgIpc) is 2.64. The van der Waals surface area contributed by atoms with E-state index in [1.54, 1.807) is 6.07 Å². The van der Waals surface area contributed by atoms with E-state index in [0.29, 0.717) is 17.7 Å². The first-order valence-electron chi connectivity index (χ1n) is 9.64. The van der Waals surface area contributed by atoms with Crippen LogP contribution in [0.25, 0.3) is 0 Å². The number of benzene rings is 2. The van der Waals surface area contributed by atoms with Crippen molar-refractivity contribution in [3.8, 4) is 5.75 Å². The highest BCUT2D eigenvalue weighted by Gasteiger charge is 2.47. The van der Waals surface area contributed by atoms with Crippen LogP contribution in [0.2, 0.25) is 0 Å². The molecule has 2 fully saturated rings. The number of nitrogens with zero attached hydrogens (tertiary/aromatic N) is 1. The number of carbonyl (C=O) groups excluding carboxylic acids is 1. The fraction of sp³-hybridized carbons (Fsp3) is 0.435. The van der Waals surface area contributed by atoms with Gasteiger partial charge in [0.2, 0.25) is 5.91 Å². The highest BCUT2D eigenvalue weighted by atomic mass is 16.3. The third-order valence-electron chi connectivity index (χ3n) is 6.74. The smallest absolute Gasteiger partial charge is 0.230 e. The molecule has 3 heteroatoms. The molecule has 0 aromatic heterocycles. The van der Waals surface area contributed by atoms with Gasteiger partial charge in [0.1, 0.15) is 5.75 Å². The average molecular weight is 349 g/mol. The number of piperidine rings is 2. The molecule has 0 saturated carbocycles. The minimum atomic E-state index is -0.0141. The number of carbonyl (C=O) groups is 1. The zero-order valence-electron chi connectivity index (χ0n) is 15.6. The molecule has 2 aromatic rings. The van der Waals surface area contributed by atoms with E-state index < -0.39 is 0 Å². The van der Waals surface area contributed by atoms with Crippen molar-refractivity contribution in [3.05, 3.63) is 65.7 Å². The second-order valence-corrected chi connectivity index (χ2v) is 8.26. The summed E-state index contributed by atoms with van der Waals surface area (Å²) in [4.78, 5) is 15.3. The minimum absolute atomic E-state index is 0.00442. The molecule has 0 bridgehead atoms. The number of phenolic OH excluding ortho intramolecular Hbond substituents is 1. The SMILES string of the molecule is C[C@H]1CN2C(=O)[C@H](c3ccccc3)CC[C@H]2CC1(C)c1cccc(O)c1. The van der Waals surface area contributed by atoms with E-state index in [1.807, 2.05) is 30.3 Å². The molecule has 26 heavy (non-hydrogen) atoms. The van der Waals surface area contributed by atoms with Gasteiger partial charge in [0.25, 0.3) is 0 Å². The number of fused-ring (bicyclic) bond motifs is 1. The molecule has 3 nitrogen and oxygen atoms in total. The fourth-order valence-corrected chi connectivity index (χ4v) is 4.92. The van der Waals surface area contributed by atoms with Gasteiger partial charge in [-0.1, -0.05) is 56.3 Å². The third kappa shape index (κ3) is 2.80. The monoisotopic (exact) mass is 349 g/mol. The van der Waals surface area contributed by atoms with Crippen LogP contribution in [0.3, 0.4) is 0 Å². The van der Waals surface area contributed by atoms with Gasteiger partial charge in [-0.2, -0.15) is 0 Å². The Morgan fingerprint density at radius 1 is 1.08 bits per heavy atom. The molecule has 1 amide bonds. The van der Waals surface area contributed by atoms with Gasteiger partial charge < -0.3 is 10.0 Å². The maximum Gasteiger partial charge on any atom is 0.230 e. The quantitative estimate of drug-likeness (QED) is 0.869. The summed E-state index contributed by atoms with van der Waals surface area (Å²) in [5, 5.41) is 9.92. The summed E-state index contributed by atoms with van der Waals surface area (Å²) in [6.07, 6.45) is 2.94. The van der Waals surface area contributed by atoms with Crippen molar-refractivity contribution in [1.82, 2.24) is 4.90 Å². The summed E-state index contributed by atoms with van der Waals surface area (Å²) in [6, 6.07) is 18.1. The maximum atomic E-state index is 13.2. The van der Waals surface area contributed by atoms with E-state index in [9.17, 15) is 9.90 Å². The predicted octanol–water partition coefficient (Wildman–Crippen LogP) is 4.46. The van der Waals surface area contributed by atoms with Crippen LogP contribution in [0, 0.1) is 5.92 Å². The highest BCUT2D eigenvalue weighted by Crippen LogP contribution is 2.46. The van der Waals surface area contributed by atoms with Crippen molar-refractivity contribution in [2.45, 2.75) is 50.5 Å². The van der Waals surface area contributed by atoms with Crippen molar-refractivity contribution in [1.29, 1.82) is 0 Å². The lowest BCUT2D eigenvalue weighted by atomic mass is 9.64. The van der Waals surface area contributed by atoms with Crippen LogP contribution in [0.1, 0.15) is 50.2 Å². The molecule has 1 unspecified atom stereocenters. The summed E-state index contributed by atoms with van der Waals surface area (Å²) in [5.74, 6) is 0.961. The molecule has 0 radical (unpaired) electrons. The molecule has 2 saturated heterocycles. The molecule has 4 rings (SSSR count). The Bertz CT molecular complexity index is 803. The number of hydrogen-bond acceptors (Lipinski definition) is 2. The second-order valence-electron chi connectivity index (χ2n) is 8.26. The summed E-state index contributed by atoms with van der Waals surface area (Å²) in [6.45, 7) is 5.32. The largest absolute Gasteiger partial charge is 0.508 e. The third-order valence-corrected chi connectivity index (χ3v) is 6.74. The Balaban J connectivity index is 1.59. The van der Waals surface area contributed by atoms with E-state index in [0.717, 1.165) is 31.4 Å². The van der Waals surface area contributed by atoms with Gasteiger partial charge in [0.05, 0.1) is 5.92 Å². The van der Waals surface area contributed by atoms with Gasteiger partial charge in [0.15, 0.2) is 0 Å². The molecule has 136 valence electrons. The van der Waals surface area contributed by atoms with Gasteiger partial charge in [0, 0.05) is 12.6 Å². The molecule has 2 aromatic carbocycles. The van der Waals surface area contributed by atoms with Gasteiger partial charge >= 0.3 is 0 Å². The topological polar surface area (TPSA) is 40.5 Å². The van der Waals surface area contributed by atoms with Gasteiger partial charge in [-0.05, 0) is 53.9 Å².